The lowest BCUT2D eigenvalue weighted by atomic mass is 10.0. The summed E-state index contributed by atoms with van der Waals surface area (Å²) in [6.45, 7) is 7.01. The van der Waals surface area contributed by atoms with Gasteiger partial charge in [-0.15, -0.1) is 7.92 Å². The lowest BCUT2D eigenvalue weighted by molar-refractivity contribution is 0.530. The Hall–Kier alpha value is 0.170. The topological polar surface area (TPSA) is 0 Å². The van der Waals surface area contributed by atoms with Gasteiger partial charge in [-0.05, 0) is 32.3 Å². The molecule has 0 fully saturated rings. The summed E-state index contributed by atoms with van der Waals surface area (Å²) in [5, 5.41) is 0. The third-order valence-electron chi connectivity index (χ3n) is 4.86. The Kier molecular flexibility index (Phi) is 21.4. The lowest BCUT2D eigenvalue weighted by Crippen LogP contribution is -1.83. The van der Waals surface area contributed by atoms with Crippen LogP contribution in [0.25, 0.3) is 0 Å². The summed E-state index contributed by atoms with van der Waals surface area (Å²) >= 11 is 0. The highest BCUT2D eigenvalue weighted by Crippen LogP contribution is 2.23. The molecule has 0 radical (unpaired) electrons. The molecule has 0 rings (SSSR count). The van der Waals surface area contributed by atoms with Crippen molar-refractivity contribution in [1.82, 2.24) is 0 Å². The van der Waals surface area contributed by atoms with Crippen molar-refractivity contribution >= 4 is 7.92 Å². The summed E-state index contributed by atoms with van der Waals surface area (Å²) in [4.78, 5) is 0. The maximum Gasteiger partial charge on any atom is -0.0150 e. The number of allylic oxidation sites excluding steroid dienone is 2. The van der Waals surface area contributed by atoms with Crippen LogP contribution in [0.1, 0.15) is 116 Å². The van der Waals surface area contributed by atoms with Crippen molar-refractivity contribution in [2.45, 2.75) is 116 Å². The number of hydrogen-bond donors (Lipinski definition) is 0. The number of unbranched alkanes of at least 4 members (excludes halogenated alkanes) is 16. The minimum atomic E-state index is 0.268. The van der Waals surface area contributed by atoms with Gasteiger partial charge in [0.05, 0.1) is 0 Å². The summed E-state index contributed by atoms with van der Waals surface area (Å²) < 4.78 is 0. The summed E-state index contributed by atoms with van der Waals surface area (Å²) in [6, 6.07) is 0. The molecule has 0 spiro atoms. The van der Waals surface area contributed by atoms with Crippen molar-refractivity contribution in [1.29, 1.82) is 0 Å². The molecule has 0 N–H and O–H groups in total. The molecule has 1 heteroatoms. The van der Waals surface area contributed by atoms with Crippen molar-refractivity contribution in [3.8, 4) is 0 Å². The SMILES string of the molecule is CCCCCCCCCCCCCCCCCCC=CCP(C)C. The molecule has 0 aromatic carbocycles. The molecule has 0 atom stereocenters. The highest BCUT2D eigenvalue weighted by Gasteiger charge is 1.94. The lowest BCUT2D eigenvalue weighted by Gasteiger charge is -2.03. The van der Waals surface area contributed by atoms with E-state index in [2.05, 4.69) is 32.4 Å². The Morgan fingerprint density at radius 2 is 0.875 bits per heavy atom. The molecule has 0 aliphatic rings. The summed E-state index contributed by atoms with van der Waals surface area (Å²) in [5.41, 5.74) is 0. The van der Waals surface area contributed by atoms with E-state index in [1.54, 1.807) is 0 Å². The molecule has 0 amide bonds. The minimum Gasteiger partial charge on any atom is -0.109 e. The summed E-state index contributed by atoms with van der Waals surface area (Å²) in [7, 11) is 0.268. The molecule has 0 aromatic rings. The molecule has 0 heterocycles. The molecule has 0 nitrogen and oxygen atoms in total. The molecular weight excluding hydrogens is 307 g/mol. The van der Waals surface area contributed by atoms with Crippen LogP contribution in [0.3, 0.4) is 0 Å². The maximum absolute atomic E-state index is 2.41. The zero-order chi connectivity index (χ0) is 17.7. The van der Waals surface area contributed by atoms with Crippen LogP contribution in [0.5, 0.6) is 0 Å². The van der Waals surface area contributed by atoms with E-state index in [1.165, 1.54) is 115 Å². The van der Waals surface area contributed by atoms with Gasteiger partial charge in [0, 0.05) is 0 Å². The molecule has 24 heavy (non-hydrogen) atoms. The van der Waals surface area contributed by atoms with Gasteiger partial charge in [0.1, 0.15) is 0 Å². The fraction of sp³-hybridized carbons (Fsp3) is 0.913. The number of rotatable bonds is 19. The highest BCUT2D eigenvalue weighted by atomic mass is 31.1. The van der Waals surface area contributed by atoms with Crippen LogP contribution < -0.4 is 0 Å². The summed E-state index contributed by atoms with van der Waals surface area (Å²) in [6.07, 6.45) is 30.8. The third-order valence-corrected chi connectivity index (χ3v) is 5.80. The molecule has 0 aliphatic heterocycles. The van der Waals surface area contributed by atoms with Crippen molar-refractivity contribution < 1.29 is 0 Å². The van der Waals surface area contributed by atoms with Crippen LogP contribution in [0.2, 0.25) is 0 Å². The van der Waals surface area contributed by atoms with E-state index in [9.17, 15) is 0 Å². The van der Waals surface area contributed by atoms with E-state index in [-0.39, 0.29) is 7.92 Å². The zero-order valence-electron chi connectivity index (χ0n) is 17.3. The van der Waals surface area contributed by atoms with E-state index < -0.39 is 0 Å². The Balaban J connectivity index is 3.01. The first kappa shape index (κ1) is 24.2. The Labute approximate surface area is 156 Å². The van der Waals surface area contributed by atoms with Crippen LogP contribution in [0.15, 0.2) is 12.2 Å². The average molecular weight is 355 g/mol. The first-order valence-electron chi connectivity index (χ1n) is 11.1. The van der Waals surface area contributed by atoms with E-state index in [4.69, 9.17) is 0 Å². The normalized spacial score (nSPS) is 11.8. The van der Waals surface area contributed by atoms with Crippen LogP contribution in [0, 0.1) is 0 Å². The van der Waals surface area contributed by atoms with E-state index in [1.807, 2.05) is 0 Å². The fourth-order valence-electron chi connectivity index (χ4n) is 3.21. The van der Waals surface area contributed by atoms with Gasteiger partial charge in [0.15, 0.2) is 0 Å². The summed E-state index contributed by atoms with van der Waals surface area (Å²) in [5.74, 6) is 0. The van der Waals surface area contributed by atoms with Gasteiger partial charge in [0.25, 0.3) is 0 Å². The predicted molar refractivity (Wildman–Crippen MR) is 117 cm³/mol. The van der Waals surface area contributed by atoms with Gasteiger partial charge < -0.3 is 0 Å². The zero-order valence-corrected chi connectivity index (χ0v) is 18.2. The van der Waals surface area contributed by atoms with Crippen LogP contribution in [-0.2, 0) is 0 Å². The number of hydrogen-bond acceptors (Lipinski definition) is 0. The second kappa shape index (κ2) is 21.2. The van der Waals surface area contributed by atoms with Crippen molar-refractivity contribution in [2.24, 2.45) is 0 Å². The quantitative estimate of drug-likeness (QED) is 0.123. The molecule has 0 saturated carbocycles. The van der Waals surface area contributed by atoms with Crippen LogP contribution >= 0.6 is 7.92 Å². The molecule has 0 aliphatic carbocycles. The Morgan fingerprint density at radius 1 is 0.500 bits per heavy atom. The first-order valence-corrected chi connectivity index (χ1v) is 13.5. The van der Waals surface area contributed by atoms with Crippen molar-refractivity contribution in [2.75, 3.05) is 19.5 Å². The van der Waals surface area contributed by atoms with E-state index in [0.717, 1.165) is 0 Å². The standard InChI is InChI=1S/C23H47P/c1-4-5-6-7-8-9-10-11-12-13-14-15-16-17-18-19-20-21-22-23-24(2)3/h21-22H,4-20,23H2,1-3H3. The second-order valence-corrected chi connectivity index (χ2v) is 10.4. The van der Waals surface area contributed by atoms with E-state index >= 15 is 0 Å². The first-order chi connectivity index (χ1) is 11.8. The Morgan fingerprint density at radius 3 is 1.25 bits per heavy atom. The van der Waals surface area contributed by atoms with Crippen LogP contribution in [0.4, 0.5) is 0 Å². The van der Waals surface area contributed by atoms with Crippen molar-refractivity contribution in [3.05, 3.63) is 12.2 Å². The molecule has 0 aromatic heterocycles. The minimum absolute atomic E-state index is 0.268. The predicted octanol–water partition coefficient (Wildman–Crippen LogP) is 8.94. The molecule has 0 saturated heterocycles. The Bertz CT molecular complexity index is 244. The molecule has 144 valence electrons. The maximum atomic E-state index is 2.41. The second-order valence-electron chi connectivity index (χ2n) is 7.83. The largest absolute Gasteiger partial charge is 0.109 e. The van der Waals surface area contributed by atoms with Gasteiger partial charge in [-0.2, -0.15) is 0 Å². The van der Waals surface area contributed by atoms with Crippen molar-refractivity contribution in [3.63, 3.8) is 0 Å². The monoisotopic (exact) mass is 354 g/mol. The van der Waals surface area contributed by atoms with Crippen LogP contribution in [-0.4, -0.2) is 19.5 Å². The fourth-order valence-corrected chi connectivity index (χ4v) is 3.78. The highest BCUT2D eigenvalue weighted by molar-refractivity contribution is 7.56. The van der Waals surface area contributed by atoms with Gasteiger partial charge in [-0.3, -0.25) is 0 Å². The van der Waals surface area contributed by atoms with Gasteiger partial charge in [-0.1, -0.05) is 115 Å². The molecule has 0 unspecified atom stereocenters. The van der Waals surface area contributed by atoms with Gasteiger partial charge >= 0.3 is 0 Å². The average Bonchev–Trinajstić information content (AvgIpc) is 2.56. The van der Waals surface area contributed by atoms with Gasteiger partial charge in [-0.25, -0.2) is 0 Å². The molecular formula is C23H47P. The molecule has 0 bridgehead atoms. The van der Waals surface area contributed by atoms with E-state index in [0.29, 0.717) is 0 Å². The third kappa shape index (κ3) is 22.2. The van der Waals surface area contributed by atoms with Gasteiger partial charge in [0.2, 0.25) is 0 Å². The smallest absolute Gasteiger partial charge is 0.0150 e.